The standard InChI is InChI=1S/C12H14Cl3NO/c13-7-12(8-14,11(16)17)10(15)6-9-4-2-1-3-5-9/h1-5,10H,6-8H2,(H2,16,17). The van der Waals surface area contributed by atoms with Crippen LogP contribution in [-0.2, 0) is 11.2 Å². The molecular formula is C12H14Cl3NO. The quantitative estimate of drug-likeness (QED) is 0.806. The van der Waals surface area contributed by atoms with Crippen LogP contribution in [0.5, 0.6) is 0 Å². The summed E-state index contributed by atoms with van der Waals surface area (Å²) in [6.07, 6.45) is 0.505. The van der Waals surface area contributed by atoms with E-state index in [0.29, 0.717) is 6.42 Å². The van der Waals surface area contributed by atoms with E-state index in [9.17, 15) is 4.79 Å². The molecule has 1 unspecified atom stereocenters. The van der Waals surface area contributed by atoms with Gasteiger partial charge in [0.15, 0.2) is 0 Å². The van der Waals surface area contributed by atoms with Gasteiger partial charge in [0.05, 0.1) is 10.8 Å². The normalized spacial score (nSPS) is 13.4. The van der Waals surface area contributed by atoms with Gasteiger partial charge in [-0.25, -0.2) is 0 Å². The van der Waals surface area contributed by atoms with Crippen LogP contribution >= 0.6 is 34.8 Å². The Morgan fingerprint density at radius 2 is 1.76 bits per heavy atom. The Hall–Kier alpha value is -0.440. The number of rotatable bonds is 6. The molecule has 17 heavy (non-hydrogen) atoms. The second-order valence-corrected chi connectivity index (χ2v) is 5.01. The van der Waals surface area contributed by atoms with Crippen molar-refractivity contribution in [3.8, 4) is 0 Å². The largest absolute Gasteiger partial charge is 0.369 e. The van der Waals surface area contributed by atoms with E-state index in [1.807, 2.05) is 30.3 Å². The van der Waals surface area contributed by atoms with E-state index in [0.717, 1.165) is 5.56 Å². The third kappa shape index (κ3) is 3.27. The number of hydrogen-bond acceptors (Lipinski definition) is 1. The summed E-state index contributed by atoms with van der Waals surface area (Å²) in [5, 5.41) is -0.516. The summed E-state index contributed by atoms with van der Waals surface area (Å²) in [4.78, 5) is 11.5. The molecule has 0 heterocycles. The van der Waals surface area contributed by atoms with Crippen molar-refractivity contribution >= 4 is 40.7 Å². The molecule has 0 fully saturated rings. The fourth-order valence-electron chi connectivity index (χ4n) is 1.51. The predicted molar refractivity (Wildman–Crippen MR) is 72.9 cm³/mol. The molecule has 94 valence electrons. The van der Waals surface area contributed by atoms with E-state index < -0.39 is 16.7 Å². The van der Waals surface area contributed by atoms with Crippen molar-refractivity contribution in [3.05, 3.63) is 35.9 Å². The van der Waals surface area contributed by atoms with Crippen molar-refractivity contribution in [2.75, 3.05) is 11.8 Å². The highest BCUT2D eigenvalue weighted by atomic mass is 35.5. The number of carbonyl (C=O) groups is 1. The molecule has 1 atom stereocenters. The Bertz CT molecular complexity index is 365. The molecular weight excluding hydrogens is 280 g/mol. The summed E-state index contributed by atoms with van der Waals surface area (Å²) < 4.78 is 0. The highest BCUT2D eigenvalue weighted by Gasteiger charge is 2.42. The second-order valence-electron chi connectivity index (χ2n) is 3.94. The fraction of sp³-hybridized carbons (Fsp3) is 0.417. The minimum atomic E-state index is -1.07. The van der Waals surface area contributed by atoms with Crippen molar-refractivity contribution in [2.45, 2.75) is 11.8 Å². The fourth-order valence-corrected chi connectivity index (χ4v) is 3.03. The van der Waals surface area contributed by atoms with Crippen LogP contribution < -0.4 is 5.73 Å². The molecule has 1 amide bonds. The molecule has 0 aliphatic carbocycles. The van der Waals surface area contributed by atoms with E-state index >= 15 is 0 Å². The number of halogens is 3. The maximum absolute atomic E-state index is 11.5. The lowest BCUT2D eigenvalue weighted by molar-refractivity contribution is -0.125. The first-order chi connectivity index (χ1) is 8.06. The summed E-state index contributed by atoms with van der Waals surface area (Å²) in [5.41, 5.74) is 5.31. The minimum absolute atomic E-state index is 0.0207. The van der Waals surface area contributed by atoms with Gasteiger partial charge >= 0.3 is 0 Å². The van der Waals surface area contributed by atoms with Gasteiger partial charge in [0.1, 0.15) is 0 Å². The molecule has 2 N–H and O–H groups in total. The van der Waals surface area contributed by atoms with Crippen LogP contribution in [0.1, 0.15) is 5.56 Å². The molecule has 5 heteroatoms. The maximum atomic E-state index is 11.5. The van der Waals surface area contributed by atoms with Gasteiger partial charge in [-0.3, -0.25) is 4.79 Å². The molecule has 0 aromatic heterocycles. The average Bonchev–Trinajstić information content (AvgIpc) is 2.32. The van der Waals surface area contributed by atoms with Gasteiger partial charge in [0.25, 0.3) is 0 Å². The third-order valence-corrected chi connectivity index (χ3v) is 4.35. The summed E-state index contributed by atoms with van der Waals surface area (Å²) in [7, 11) is 0. The van der Waals surface area contributed by atoms with Crippen LogP contribution in [0.25, 0.3) is 0 Å². The summed E-state index contributed by atoms with van der Waals surface area (Å²) in [6, 6.07) is 9.60. The van der Waals surface area contributed by atoms with Crippen LogP contribution in [0.2, 0.25) is 0 Å². The molecule has 0 aliphatic heterocycles. The Morgan fingerprint density at radius 3 is 2.18 bits per heavy atom. The van der Waals surface area contributed by atoms with Crippen molar-refractivity contribution in [1.29, 1.82) is 0 Å². The summed E-state index contributed by atoms with van der Waals surface area (Å²) >= 11 is 17.9. The molecule has 0 spiro atoms. The molecule has 1 aromatic rings. The van der Waals surface area contributed by atoms with Gasteiger partial charge in [0, 0.05) is 11.8 Å². The number of nitrogens with two attached hydrogens (primary N) is 1. The first-order valence-electron chi connectivity index (χ1n) is 5.16. The van der Waals surface area contributed by atoms with E-state index in [1.165, 1.54) is 0 Å². The SMILES string of the molecule is NC(=O)C(CCl)(CCl)C(Cl)Cc1ccccc1. The lowest BCUT2D eigenvalue weighted by atomic mass is 9.84. The first-order valence-corrected chi connectivity index (χ1v) is 6.67. The Labute approximate surface area is 116 Å². The number of benzene rings is 1. The van der Waals surface area contributed by atoms with E-state index in [4.69, 9.17) is 40.5 Å². The lowest BCUT2D eigenvalue weighted by Crippen LogP contribution is -2.48. The third-order valence-electron chi connectivity index (χ3n) is 2.82. The zero-order valence-electron chi connectivity index (χ0n) is 9.20. The molecule has 0 saturated carbocycles. The molecule has 1 rings (SSSR count). The monoisotopic (exact) mass is 293 g/mol. The average molecular weight is 295 g/mol. The van der Waals surface area contributed by atoms with E-state index in [1.54, 1.807) is 0 Å². The zero-order chi connectivity index (χ0) is 12.9. The van der Waals surface area contributed by atoms with E-state index in [2.05, 4.69) is 0 Å². The molecule has 0 aliphatic rings. The molecule has 0 saturated heterocycles. The highest BCUT2D eigenvalue weighted by molar-refractivity contribution is 6.29. The number of primary amides is 1. The van der Waals surface area contributed by atoms with Crippen molar-refractivity contribution in [3.63, 3.8) is 0 Å². The zero-order valence-corrected chi connectivity index (χ0v) is 11.5. The number of amides is 1. The van der Waals surface area contributed by atoms with Gasteiger partial charge in [0.2, 0.25) is 5.91 Å². The van der Waals surface area contributed by atoms with Crippen LogP contribution in [-0.4, -0.2) is 23.0 Å². The van der Waals surface area contributed by atoms with Crippen molar-refractivity contribution in [2.24, 2.45) is 11.1 Å². The first kappa shape index (κ1) is 14.6. The van der Waals surface area contributed by atoms with Gasteiger partial charge in [-0.2, -0.15) is 0 Å². The lowest BCUT2D eigenvalue weighted by Gasteiger charge is -2.30. The number of alkyl halides is 3. The molecule has 0 bridgehead atoms. The van der Waals surface area contributed by atoms with Gasteiger partial charge < -0.3 is 5.73 Å². The summed E-state index contributed by atoms with van der Waals surface area (Å²) in [5.74, 6) is -0.516. The van der Waals surface area contributed by atoms with Crippen LogP contribution in [0.3, 0.4) is 0 Å². The van der Waals surface area contributed by atoms with E-state index in [-0.39, 0.29) is 11.8 Å². The summed E-state index contributed by atoms with van der Waals surface area (Å²) in [6.45, 7) is 0. The second kappa shape index (κ2) is 6.48. The van der Waals surface area contributed by atoms with Gasteiger partial charge in [-0.1, -0.05) is 30.3 Å². The topological polar surface area (TPSA) is 43.1 Å². The number of hydrogen-bond donors (Lipinski definition) is 1. The molecule has 2 nitrogen and oxygen atoms in total. The minimum Gasteiger partial charge on any atom is -0.369 e. The number of carbonyl (C=O) groups excluding carboxylic acids is 1. The maximum Gasteiger partial charge on any atom is 0.227 e. The van der Waals surface area contributed by atoms with Gasteiger partial charge in [-0.05, 0) is 12.0 Å². The smallest absolute Gasteiger partial charge is 0.227 e. The van der Waals surface area contributed by atoms with Crippen molar-refractivity contribution in [1.82, 2.24) is 0 Å². The van der Waals surface area contributed by atoms with Gasteiger partial charge in [-0.15, -0.1) is 34.8 Å². The van der Waals surface area contributed by atoms with Crippen LogP contribution in [0.4, 0.5) is 0 Å². The molecule has 1 aromatic carbocycles. The van der Waals surface area contributed by atoms with Crippen LogP contribution in [0.15, 0.2) is 30.3 Å². The molecule has 0 radical (unpaired) electrons. The van der Waals surface area contributed by atoms with Crippen LogP contribution in [0, 0.1) is 5.41 Å². The Kier molecular flexibility index (Phi) is 5.57. The Balaban J connectivity index is 2.86. The Morgan fingerprint density at radius 1 is 1.24 bits per heavy atom. The highest BCUT2D eigenvalue weighted by Crippen LogP contribution is 2.32. The van der Waals surface area contributed by atoms with Crippen molar-refractivity contribution < 1.29 is 4.79 Å². The predicted octanol–water partition coefficient (Wildman–Crippen LogP) is 2.79.